The van der Waals surface area contributed by atoms with E-state index < -0.39 is 0 Å². The standard InChI is InChI=1S/C9H20N2O2/c1-6(2)13-9(12)11-8(4)7(3)5-10/h6-8H,5,10H2,1-4H3,(H,11,12). The van der Waals surface area contributed by atoms with Gasteiger partial charge in [0.1, 0.15) is 0 Å². The number of alkyl carbamates (subject to hydrolysis) is 1. The number of hydrogen-bond donors (Lipinski definition) is 2. The van der Waals surface area contributed by atoms with E-state index in [1.165, 1.54) is 0 Å². The zero-order valence-electron chi connectivity index (χ0n) is 8.83. The number of ether oxygens (including phenoxy) is 1. The molecule has 0 spiro atoms. The minimum absolute atomic E-state index is 0.0521. The number of amides is 1. The lowest BCUT2D eigenvalue weighted by Gasteiger charge is -2.20. The maximum absolute atomic E-state index is 11.1. The first-order chi connectivity index (χ1) is 5.97. The summed E-state index contributed by atoms with van der Waals surface area (Å²) < 4.78 is 4.92. The Morgan fingerprint density at radius 3 is 2.31 bits per heavy atom. The van der Waals surface area contributed by atoms with Gasteiger partial charge in [0.2, 0.25) is 0 Å². The van der Waals surface area contributed by atoms with Crippen LogP contribution in [0.4, 0.5) is 4.79 Å². The van der Waals surface area contributed by atoms with Crippen molar-refractivity contribution in [2.75, 3.05) is 6.54 Å². The van der Waals surface area contributed by atoms with Crippen molar-refractivity contribution in [1.82, 2.24) is 5.32 Å². The molecule has 4 nitrogen and oxygen atoms in total. The van der Waals surface area contributed by atoms with Gasteiger partial charge in [0.15, 0.2) is 0 Å². The summed E-state index contributed by atoms with van der Waals surface area (Å²) in [6, 6.07) is 0.0521. The second-order valence-electron chi connectivity index (χ2n) is 3.60. The van der Waals surface area contributed by atoms with Gasteiger partial charge in [-0.15, -0.1) is 0 Å². The highest BCUT2D eigenvalue weighted by Crippen LogP contribution is 2.00. The second kappa shape index (κ2) is 5.80. The summed E-state index contributed by atoms with van der Waals surface area (Å²) in [7, 11) is 0. The fourth-order valence-electron chi connectivity index (χ4n) is 0.780. The zero-order chi connectivity index (χ0) is 10.4. The van der Waals surface area contributed by atoms with Crippen molar-refractivity contribution in [3.63, 3.8) is 0 Å². The van der Waals surface area contributed by atoms with Crippen LogP contribution in [0.15, 0.2) is 0 Å². The van der Waals surface area contributed by atoms with Gasteiger partial charge in [-0.25, -0.2) is 4.79 Å². The first-order valence-electron chi connectivity index (χ1n) is 4.64. The molecule has 2 unspecified atom stereocenters. The molecule has 3 N–H and O–H groups in total. The van der Waals surface area contributed by atoms with Crippen molar-refractivity contribution < 1.29 is 9.53 Å². The fourth-order valence-corrected chi connectivity index (χ4v) is 0.780. The van der Waals surface area contributed by atoms with Crippen LogP contribution in [-0.2, 0) is 4.74 Å². The molecule has 0 aromatic rings. The van der Waals surface area contributed by atoms with Gasteiger partial charge in [-0.05, 0) is 33.2 Å². The second-order valence-corrected chi connectivity index (χ2v) is 3.60. The Morgan fingerprint density at radius 1 is 1.38 bits per heavy atom. The molecule has 0 aromatic carbocycles. The number of carbonyl (C=O) groups excluding carboxylic acids is 1. The Kier molecular flexibility index (Phi) is 5.46. The minimum atomic E-state index is -0.372. The van der Waals surface area contributed by atoms with Crippen molar-refractivity contribution in [3.05, 3.63) is 0 Å². The molecule has 0 aliphatic rings. The molecule has 13 heavy (non-hydrogen) atoms. The molecule has 0 aromatic heterocycles. The molecule has 78 valence electrons. The Balaban J connectivity index is 3.77. The summed E-state index contributed by atoms with van der Waals surface area (Å²) in [5.41, 5.74) is 5.46. The summed E-state index contributed by atoms with van der Waals surface area (Å²) in [5, 5.41) is 2.72. The fraction of sp³-hybridized carbons (Fsp3) is 0.889. The third-order valence-electron chi connectivity index (χ3n) is 1.91. The van der Waals surface area contributed by atoms with Crippen LogP contribution in [0.1, 0.15) is 27.7 Å². The van der Waals surface area contributed by atoms with Crippen LogP contribution in [0.3, 0.4) is 0 Å². The van der Waals surface area contributed by atoms with Crippen LogP contribution in [0.25, 0.3) is 0 Å². The maximum Gasteiger partial charge on any atom is 0.407 e. The van der Waals surface area contributed by atoms with E-state index in [4.69, 9.17) is 10.5 Å². The monoisotopic (exact) mass is 188 g/mol. The Hall–Kier alpha value is -0.770. The topological polar surface area (TPSA) is 64.3 Å². The molecule has 0 heterocycles. The van der Waals surface area contributed by atoms with Gasteiger partial charge in [0.25, 0.3) is 0 Å². The SMILES string of the molecule is CC(C)OC(=O)NC(C)C(C)CN. The van der Waals surface area contributed by atoms with E-state index in [9.17, 15) is 4.79 Å². The quantitative estimate of drug-likeness (QED) is 0.694. The molecule has 0 saturated heterocycles. The number of carbonyl (C=O) groups is 1. The lowest BCUT2D eigenvalue weighted by atomic mass is 10.1. The van der Waals surface area contributed by atoms with Crippen molar-refractivity contribution in [2.24, 2.45) is 11.7 Å². The molecule has 4 heteroatoms. The lowest BCUT2D eigenvalue weighted by Crippen LogP contribution is -2.40. The Morgan fingerprint density at radius 2 is 1.92 bits per heavy atom. The number of hydrogen-bond acceptors (Lipinski definition) is 3. The van der Waals surface area contributed by atoms with Gasteiger partial charge in [-0.1, -0.05) is 6.92 Å². The lowest BCUT2D eigenvalue weighted by molar-refractivity contribution is 0.110. The molecule has 0 rings (SSSR count). The first-order valence-corrected chi connectivity index (χ1v) is 4.64. The van der Waals surface area contributed by atoms with Crippen LogP contribution in [0.5, 0.6) is 0 Å². The number of nitrogens with one attached hydrogen (secondary N) is 1. The summed E-state index contributed by atoms with van der Waals surface area (Å²) in [6.07, 6.45) is -0.455. The van der Waals surface area contributed by atoms with E-state index in [1.54, 1.807) is 0 Å². The molecule has 0 radical (unpaired) electrons. The molecule has 2 atom stereocenters. The molecule has 0 aliphatic heterocycles. The zero-order valence-corrected chi connectivity index (χ0v) is 8.83. The number of rotatable bonds is 4. The van der Waals surface area contributed by atoms with Gasteiger partial charge >= 0.3 is 6.09 Å². The van der Waals surface area contributed by atoms with Crippen molar-refractivity contribution in [2.45, 2.75) is 39.8 Å². The van der Waals surface area contributed by atoms with Crippen LogP contribution in [0.2, 0.25) is 0 Å². The smallest absolute Gasteiger partial charge is 0.407 e. The third kappa shape index (κ3) is 5.47. The predicted octanol–water partition coefficient (Wildman–Crippen LogP) is 1.10. The van der Waals surface area contributed by atoms with Crippen molar-refractivity contribution in [3.8, 4) is 0 Å². The normalized spacial score (nSPS) is 15.2. The molecule has 0 bridgehead atoms. The molecule has 0 fully saturated rings. The van der Waals surface area contributed by atoms with Crippen molar-refractivity contribution >= 4 is 6.09 Å². The maximum atomic E-state index is 11.1. The van der Waals surface area contributed by atoms with E-state index in [1.807, 2.05) is 27.7 Å². The molecular formula is C9H20N2O2. The summed E-state index contributed by atoms with van der Waals surface area (Å²) >= 11 is 0. The summed E-state index contributed by atoms with van der Waals surface area (Å²) in [5.74, 6) is 0.264. The Labute approximate surface area is 79.8 Å². The van der Waals surface area contributed by atoms with Gasteiger partial charge in [-0.3, -0.25) is 0 Å². The molecular weight excluding hydrogens is 168 g/mol. The molecule has 0 aliphatic carbocycles. The van der Waals surface area contributed by atoms with Gasteiger partial charge < -0.3 is 15.8 Å². The van der Waals surface area contributed by atoms with E-state index in [0.29, 0.717) is 6.54 Å². The van der Waals surface area contributed by atoms with Crippen LogP contribution in [0, 0.1) is 5.92 Å². The molecule has 1 amide bonds. The van der Waals surface area contributed by atoms with Gasteiger partial charge in [-0.2, -0.15) is 0 Å². The van der Waals surface area contributed by atoms with Crippen LogP contribution in [-0.4, -0.2) is 24.8 Å². The third-order valence-corrected chi connectivity index (χ3v) is 1.91. The average Bonchev–Trinajstić information content (AvgIpc) is 2.01. The highest BCUT2D eigenvalue weighted by Gasteiger charge is 2.14. The number of nitrogens with two attached hydrogens (primary N) is 1. The van der Waals surface area contributed by atoms with E-state index in [-0.39, 0.29) is 24.2 Å². The minimum Gasteiger partial charge on any atom is -0.447 e. The Bertz CT molecular complexity index is 160. The first kappa shape index (κ1) is 12.2. The van der Waals surface area contributed by atoms with E-state index >= 15 is 0 Å². The largest absolute Gasteiger partial charge is 0.447 e. The predicted molar refractivity (Wildman–Crippen MR) is 52.4 cm³/mol. The van der Waals surface area contributed by atoms with E-state index in [0.717, 1.165) is 0 Å². The van der Waals surface area contributed by atoms with Gasteiger partial charge in [0.05, 0.1) is 6.10 Å². The highest BCUT2D eigenvalue weighted by molar-refractivity contribution is 5.67. The highest BCUT2D eigenvalue weighted by atomic mass is 16.6. The van der Waals surface area contributed by atoms with Crippen molar-refractivity contribution in [1.29, 1.82) is 0 Å². The average molecular weight is 188 g/mol. The molecule has 0 saturated carbocycles. The summed E-state index contributed by atoms with van der Waals surface area (Å²) in [6.45, 7) is 8.09. The van der Waals surface area contributed by atoms with Crippen LogP contribution < -0.4 is 11.1 Å². The van der Waals surface area contributed by atoms with E-state index in [2.05, 4.69) is 5.32 Å². The van der Waals surface area contributed by atoms with Crippen LogP contribution >= 0.6 is 0 Å². The summed E-state index contributed by atoms with van der Waals surface area (Å²) in [4.78, 5) is 11.1. The van der Waals surface area contributed by atoms with Gasteiger partial charge in [0, 0.05) is 6.04 Å².